The highest BCUT2D eigenvalue weighted by molar-refractivity contribution is 7.80. The predicted octanol–water partition coefficient (Wildman–Crippen LogP) is 6.38. The zero-order chi connectivity index (χ0) is 33.3. The van der Waals surface area contributed by atoms with Gasteiger partial charge < -0.3 is 30.3 Å². The molecule has 45 heavy (non-hydrogen) atoms. The first-order chi connectivity index (χ1) is 20.9. The number of aromatic carboxylic acids is 2. The number of fused-ring (bicyclic) bond motifs is 1. The molecule has 0 aromatic heterocycles. The van der Waals surface area contributed by atoms with Crippen molar-refractivity contribution in [3.8, 4) is 11.5 Å². The zero-order valence-electron chi connectivity index (χ0n) is 22.7. The number of carbonyl (C=O) groups is 3. The molecule has 9 nitrogen and oxygen atoms in total. The number of amides is 1. The molecule has 0 aliphatic carbocycles. The Morgan fingerprint density at radius 2 is 1.51 bits per heavy atom. The second kappa shape index (κ2) is 12.6. The third kappa shape index (κ3) is 7.81. The smallest absolute Gasteiger partial charge is 0.417 e. The van der Waals surface area contributed by atoms with Gasteiger partial charge in [0.25, 0.3) is 5.91 Å². The summed E-state index contributed by atoms with van der Waals surface area (Å²) in [4.78, 5) is 37.5. The summed E-state index contributed by atoms with van der Waals surface area (Å²) in [5.41, 5.74) is -3.43. The summed E-state index contributed by atoms with van der Waals surface area (Å²) in [6.07, 6.45) is -10.1. The first-order valence-electron chi connectivity index (χ1n) is 12.9. The highest BCUT2D eigenvalue weighted by Crippen LogP contribution is 2.42. The van der Waals surface area contributed by atoms with Gasteiger partial charge in [-0.1, -0.05) is 12.2 Å². The van der Waals surface area contributed by atoms with Crippen LogP contribution in [0, 0.1) is 0 Å². The Kier molecular flexibility index (Phi) is 9.27. The van der Waals surface area contributed by atoms with E-state index in [0.717, 1.165) is 6.07 Å². The van der Waals surface area contributed by atoms with Crippen molar-refractivity contribution >= 4 is 46.4 Å². The number of carbonyl (C=O) groups excluding carboxylic acids is 1. The quantitative estimate of drug-likeness (QED) is 0.153. The van der Waals surface area contributed by atoms with Crippen LogP contribution in [0.15, 0.2) is 54.6 Å². The molecule has 4 rings (SSSR count). The van der Waals surface area contributed by atoms with Crippen molar-refractivity contribution in [1.82, 2.24) is 0 Å². The number of carboxylic acid groups (broad SMARTS) is 2. The fourth-order valence-electron chi connectivity index (χ4n) is 4.86. The Balaban J connectivity index is 1.50. The van der Waals surface area contributed by atoms with Crippen molar-refractivity contribution in [1.29, 1.82) is 0 Å². The molecule has 1 atom stereocenters. The molecule has 0 fully saturated rings. The van der Waals surface area contributed by atoms with Crippen molar-refractivity contribution in [2.24, 2.45) is 0 Å². The van der Waals surface area contributed by atoms with Gasteiger partial charge in [-0.3, -0.25) is 4.79 Å². The molecule has 1 aliphatic heterocycles. The van der Waals surface area contributed by atoms with Crippen LogP contribution in [0.4, 0.5) is 37.7 Å². The lowest BCUT2D eigenvalue weighted by Crippen LogP contribution is -2.41. The maximum Gasteiger partial charge on any atom is 0.417 e. The number of ether oxygens (including phenoxy) is 1. The van der Waals surface area contributed by atoms with Crippen LogP contribution in [0.1, 0.15) is 50.2 Å². The van der Waals surface area contributed by atoms with Crippen molar-refractivity contribution in [2.75, 3.05) is 16.8 Å². The summed E-state index contributed by atoms with van der Waals surface area (Å²) < 4.78 is 84.5. The number of hydrogen-bond acceptors (Lipinski definition) is 6. The molecule has 1 aliphatic rings. The highest BCUT2D eigenvalue weighted by atomic mass is 32.1. The number of anilines is 2. The van der Waals surface area contributed by atoms with E-state index in [4.69, 9.17) is 17.0 Å². The van der Waals surface area contributed by atoms with E-state index in [1.807, 2.05) is 0 Å². The van der Waals surface area contributed by atoms with E-state index in [1.54, 1.807) is 0 Å². The maximum absolute atomic E-state index is 13.3. The van der Waals surface area contributed by atoms with Crippen LogP contribution in [-0.4, -0.2) is 50.8 Å². The maximum atomic E-state index is 13.3. The minimum Gasteiger partial charge on any atom is -0.508 e. The van der Waals surface area contributed by atoms with Crippen molar-refractivity contribution < 1.29 is 60.8 Å². The lowest BCUT2D eigenvalue weighted by atomic mass is 10.1. The number of halogens is 6. The number of carboxylic acids is 2. The summed E-state index contributed by atoms with van der Waals surface area (Å²) in [7, 11) is 0. The summed E-state index contributed by atoms with van der Waals surface area (Å²) in [5.74, 6) is -4.16. The van der Waals surface area contributed by atoms with Gasteiger partial charge in [0.1, 0.15) is 11.5 Å². The standard InChI is InChI=1S/C29H22F6N2O7S/c30-28(31,32)21-4-3-20(12-22(21)29(33,34)35)44-13-25(39)37-18(10-14-11-19(38)2-5-23(14)37)1-6-24(45)36-17-8-15(26(40)41)7-16(9-17)27(42)43/h2-5,7-9,11-12,18,38H,1,6,10,13H2,(H,36,45)(H,40,41)(H,42,43). The number of thiocarbonyl (C=S) groups is 1. The topological polar surface area (TPSA) is 136 Å². The fraction of sp³-hybridized carbons (Fsp3) is 0.241. The molecule has 0 spiro atoms. The summed E-state index contributed by atoms with van der Waals surface area (Å²) in [5, 5.41) is 31.3. The monoisotopic (exact) mass is 656 g/mol. The van der Waals surface area contributed by atoms with Gasteiger partial charge in [0.2, 0.25) is 0 Å². The van der Waals surface area contributed by atoms with Gasteiger partial charge in [-0.2, -0.15) is 26.3 Å². The average molecular weight is 657 g/mol. The van der Waals surface area contributed by atoms with Crippen LogP contribution in [0.5, 0.6) is 11.5 Å². The van der Waals surface area contributed by atoms with E-state index >= 15 is 0 Å². The number of phenolic OH excluding ortho intramolecular Hbond substituents is 1. The molecule has 238 valence electrons. The minimum absolute atomic E-state index is 0.0905. The van der Waals surface area contributed by atoms with Gasteiger partial charge in [-0.15, -0.1) is 0 Å². The fourth-order valence-corrected chi connectivity index (χ4v) is 5.09. The zero-order valence-corrected chi connectivity index (χ0v) is 23.5. The number of phenols is 1. The molecule has 3 aromatic rings. The Hall–Kier alpha value is -4.86. The van der Waals surface area contributed by atoms with Crippen molar-refractivity contribution in [3.05, 3.63) is 82.4 Å². The Labute approximate surface area is 255 Å². The van der Waals surface area contributed by atoms with E-state index in [0.29, 0.717) is 17.3 Å². The van der Waals surface area contributed by atoms with Gasteiger partial charge >= 0.3 is 24.3 Å². The van der Waals surface area contributed by atoms with E-state index in [1.165, 1.54) is 35.2 Å². The van der Waals surface area contributed by atoms with Gasteiger partial charge in [-0.25, -0.2) is 9.59 Å². The van der Waals surface area contributed by atoms with Crippen LogP contribution in [0.3, 0.4) is 0 Å². The lowest BCUT2D eigenvalue weighted by molar-refractivity contribution is -0.162. The van der Waals surface area contributed by atoms with Gasteiger partial charge in [0, 0.05) is 23.8 Å². The van der Waals surface area contributed by atoms with Crippen LogP contribution < -0.4 is 15.0 Å². The van der Waals surface area contributed by atoms with E-state index < -0.39 is 59.7 Å². The minimum atomic E-state index is -5.34. The van der Waals surface area contributed by atoms with Gasteiger partial charge in [-0.05, 0) is 73.0 Å². The summed E-state index contributed by atoms with van der Waals surface area (Å²) >= 11 is 5.35. The molecule has 0 radical (unpaired) electrons. The van der Waals surface area contributed by atoms with E-state index in [-0.39, 0.29) is 58.9 Å². The largest absolute Gasteiger partial charge is 0.508 e. The molecule has 0 saturated heterocycles. The van der Waals surface area contributed by atoms with Gasteiger partial charge in [0.05, 0.1) is 27.2 Å². The number of rotatable bonds is 9. The van der Waals surface area contributed by atoms with E-state index in [2.05, 4.69) is 5.32 Å². The first-order valence-corrected chi connectivity index (χ1v) is 13.3. The number of benzene rings is 3. The second-order valence-electron chi connectivity index (χ2n) is 9.92. The number of nitrogens with one attached hydrogen (secondary N) is 1. The molecule has 0 bridgehead atoms. The van der Waals surface area contributed by atoms with Crippen LogP contribution >= 0.6 is 12.2 Å². The predicted molar refractivity (Wildman–Crippen MR) is 151 cm³/mol. The number of aromatic hydroxyl groups is 1. The SMILES string of the molecule is O=C(O)c1cc(NC(=S)CCC2Cc3cc(O)ccc3N2C(=O)COc2ccc(C(F)(F)F)c(C(F)(F)F)c2)cc(C(=O)O)c1. The second-order valence-corrected chi connectivity index (χ2v) is 10.4. The Bertz CT molecular complexity index is 1640. The lowest BCUT2D eigenvalue weighted by Gasteiger charge is -2.26. The number of alkyl halides is 6. The third-order valence-electron chi connectivity index (χ3n) is 6.79. The third-order valence-corrected chi connectivity index (χ3v) is 7.10. The molecule has 0 saturated carbocycles. The van der Waals surface area contributed by atoms with Gasteiger partial charge in [0.15, 0.2) is 6.61 Å². The van der Waals surface area contributed by atoms with Crippen LogP contribution in [0.25, 0.3) is 0 Å². The molecular formula is C29H22F6N2O7S. The molecule has 16 heteroatoms. The highest BCUT2D eigenvalue weighted by Gasteiger charge is 2.43. The molecule has 1 amide bonds. The molecule has 3 aromatic carbocycles. The number of hydrogen-bond donors (Lipinski definition) is 4. The van der Waals surface area contributed by atoms with Crippen molar-refractivity contribution in [3.63, 3.8) is 0 Å². The molecule has 4 N–H and O–H groups in total. The van der Waals surface area contributed by atoms with Crippen LogP contribution in [-0.2, 0) is 23.6 Å². The summed E-state index contributed by atoms with van der Waals surface area (Å²) in [6.45, 7) is -0.831. The van der Waals surface area contributed by atoms with Crippen molar-refractivity contribution in [2.45, 2.75) is 37.7 Å². The van der Waals surface area contributed by atoms with E-state index in [9.17, 15) is 56.0 Å². The Morgan fingerprint density at radius 3 is 2.09 bits per heavy atom. The average Bonchev–Trinajstić information content (AvgIpc) is 3.30. The van der Waals surface area contributed by atoms with Crippen LogP contribution in [0.2, 0.25) is 0 Å². The molecule has 1 unspecified atom stereocenters. The number of nitrogens with zero attached hydrogens (tertiary/aromatic N) is 1. The Morgan fingerprint density at radius 1 is 0.889 bits per heavy atom. The summed E-state index contributed by atoms with van der Waals surface area (Å²) in [6, 6.07) is 8.00. The molecular weight excluding hydrogens is 634 g/mol. The molecule has 1 heterocycles. The first kappa shape index (κ1) is 33.0. The normalized spacial score (nSPS) is 14.5.